The van der Waals surface area contributed by atoms with Crippen LogP contribution in [0.5, 0.6) is 0 Å². The van der Waals surface area contributed by atoms with E-state index in [0.717, 1.165) is 25.8 Å². The zero-order valence-corrected chi connectivity index (χ0v) is 16.3. The van der Waals surface area contributed by atoms with E-state index in [9.17, 15) is 4.79 Å². The molecule has 1 heterocycles. The first-order chi connectivity index (χ1) is 9.19. The van der Waals surface area contributed by atoms with E-state index in [2.05, 4.69) is 61.6 Å². The molecule has 0 bridgehead atoms. The molecule has 1 aliphatic heterocycles. The molecule has 0 aliphatic carbocycles. The second-order valence-electron chi connectivity index (χ2n) is 5.67. The monoisotopic (exact) mass is 351 g/mol. The third-order valence-electron chi connectivity index (χ3n) is 3.63. The second kappa shape index (κ2) is 9.58. The Morgan fingerprint density at radius 3 is 2.40 bits per heavy atom. The summed E-state index contributed by atoms with van der Waals surface area (Å²) in [5, 5.41) is -0.759. The van der Waals surface area contributed by atoms with Crippen molar-refractivity contribution >= 4 is 47.2 Å². The molecular formula is C14H26NOPS3. The largest absolute Gasteiger partial charge is 0.465 e. The van der Waals surface area contributed by atoms with Crippen LogP contribution in [0.2, 0.25) is 0 Å². The Balaban J connectivity index is 0.000000796. The molecule has 116 valence electrons. The van der Waals surface area contributed by atoms with Gasteiger partial charge in [-0.15, -0.1) is 6.58 Å². The Morgan fingerprint density at radius 2 is 2.05 bits per heavy atom. The molecule has 1 saturated heterocycles. The van der Waals surface area contributed by atoms with Crippen LogP contribution in [0, 0.1) is 5.92 Å². The first-order valence-electron chi connectivity index (χ1n) is 6.94. The van der Waals surface area contributed by atoms with Gasteiger partial charge in [0.15, 0.2) is 5.78 Å². The Hall–Kier alpha value is 0.590. The van der Waals surface area contributed by atoms with Crippen LogP contribution in [-0.2, 0) is 28.9 Å². The number of hydrogen-bond donors (Lipinski definition) is 1. The molecule has 1 aliphatic rings. The van der Waals surface area contributed by atoms with Crippen molar-refractivity contribution in [2.24, 2.45) is 5.92 Å². The molecule has 0 N–H and O–H groups in total. The summed E-state index contributed by atoms with van der Waals surface area (Å²) in [6.45, 7) is 13.2. The van der Waals surface area contributed by atoms with E-state index in [1.54, 1.807) is 0 Å². The molecule has 6 heteroatoms. The van der Waals surface area contributed by atoms with E-state index in [1.165, 1.54) is 0 Å². The molecule has 0 aromatic heterocycles. The smallest absolute Gasteiger partial charge is 0.155 e. The maximum absolute atomic E-state index is 12.5. The van der Waals surface area contributed by atoms with Crippen LogP contribution >= 0.6 is 17.3 Å². The molecule has 2 nitrogen and oxygen atoms in total. The number of hydrogen-bond acceptors (Lipinski definition) is 4. The lowest BCUT2D eigenvalue weighted by atomic mass is 9.81. The van der Waals surface area contributed by atoms with Crippen molar-refractivity contribution in [2.45, 2.75) is 58.5 Å². The van der Waals surface area contributed by atoms with Gasteiger partial charge in [0, 0.05) is 12.0 Å². The highest BCUT2D eigenvalue weighted by molar-refractivity contribution is 8.80. The van der Waals surface area contributed by atoms with Crippen molar-refractivity contribution in [1.82, 2.24) is 4.90 Å². The lowest BCUT2D eigenvalue weighted by Gasteiger charge is -2.40. The number of Topliss-reactive ketones (excluding diaryl/α,β-unsaturated/α-hetero) is 1. The molecule has 0 radical (unpaired) electrons. The number of carbonyl (C=O) groups is 1. The minimum atomic E-state index is -0.759. The van der Waals surface area contributed by atoms with E-state index >= 15 is 0 Å². The van der Waals surface area contributed by atoms with Crippen molar-refractivity contribution in [3.05, 3.63) is 12.7 Å². The molecular weight excluding hydrogens is 325 g/mol. The maximum Gasteiger partial charge on any atom is 0.155 e. The van der Waals surface area contributed by atoms with Crippen LogP contribution in [0.25, 0.3) is 0 Å². The van der Waals surface area contributed by atoms with Gasteiger partial charge in [0.25, 0.3) is 0 Å². The van der Waals surface area contributed by atoms with Gasteiger partial charge in [-0.1, -0.05) is 19.9 Å². The minimum Gasteiger partial charge on any atom is -0.465 e. The van der Waals surface area contributed by atoms with Gasteiger partial charge in [-0.3, -0.25) is 9.69 Å². The van der Waals surface area contributed by atoms with Crippen LogP contribution in [0.3, 0.4) is 0 Å². The molecule has 2 atom stereocenters. The summed E-state index contributed by atoms with van der Waals surface area (Å²) in [6.07, 6.45) is 4.82. The van der Waals surface area contributed by atoms with Gasteiger partial charge in [0.1, 0.15) is 16.9 Å². The lowest BCUT2D eigenvalue weighted by molar-refractivity contribution is -0.133. The normalized spacial score (nSPS) is 23.5. The maximum atomic E-state index is 12.5. The van der Waals surface area contributed by atoms with Crippen molar-refractivity contribution < 1.29 is 4.79 Å². The van der Waals surface area contributed by atoms with E-state index in [-0.39, 0.29) is 11.5 Å². The molecule has 20 heavy (non-hydrogen) atoms. The highest BCUT2D eigenvalue weighted by atomic mass is 33.2. The first kappa shape index (κ1) is 20.6. The number of carbonyl (C=O) groups excluding carboxylic acids is 1. The summed E-state index contributed by atoms with van der Waals surface area (Å²) in [5.74, 6) is 0.498. The van der Waals surface area contributed by atoms with Crippen molar-refractivity contribution in [3.63, 3.8) is 0 Å². The number of nitrogens with zero attached hydrogens (tertiary/aromatic N) is 1. The Morgan fingerprint density at radius 1 is 1.55 bits per heavy atom. The van der Waals surface area contributed by atoms with Crippen molar-refractivity contribution in [1.29, 1.82) is 0 Å². The Bertz CT molecular complexity index is 356. The fourth-order valence-electron chi connectivity index (χ4n) is 3.01. The molecule has 1 fully saturated rings. The predicted octanol–water partition coefficient (Wildman–Crippen LogP) is 4.27. The molecule has 0 aromatic rings. The number of rotatable bonds is 5. The van der Waals surface area contributed by atoms with E-state index in [0.29, 0.717) is 11.8 Å². The topological polar surface area (TPSA) is 20.3 Å². The van der Waals surface area contributed by atoms with Crippen LogP contribution in [0.4, 0.5) is 0 Å². The predicted molar refractivity (Wildman–Crippen MR) is 99.1 cm³/mol. The van der Waals surface area contributed by atoms with Crippen LogP contribution in [-0.4, -0.2) is 28.8 Å². The van der Waals surface area contributed by atoms with Gasteiger partial charge in [-0.2, -0.15) is 0 Å². The minimum absolute atomic E-state index is 0.110. The molecule has 0 spiro atoms. The first-order valence-corrected chi connectivity index (χ1v) is 11.5. The molecule has 0 saturated carbocycles. The van der Waals surface area contributed by atoms with Gasteiger partial charge in [-0.05, 0) is 39.7 Å². The molecule has 0 aromatic carbocycles. The Labute approximate surface area is 140 Å². The molecule has 1 rings (SSSR count). The van der Waals surface area contributed by atoms with Crippen LogP contribution < -0.4 is 0 Å². The molecule has 0 amide bonds. The second-order valence-corrected chi connectivity index (χ2v) is 11.9. The van der Waals surface area contributed by atoms with Crippen LogP contribution in [0.15, 0.2) is 12.7 Å². The van der Waals surface area contributed by atoms with Gasteiger partial charge in [-0.25, -0.2) is 0 Å². The lowest BCUT2D eigenvalue weighted by Crippen LogP contribution is -2.54. The fraction of sp³-hybridized carbons (Fsp3) is 0.786. The van der Waals surface area contributed by atoms with E-state index < -0.39 is 5.10 Å². The van der Waals surface area contributed by atoms with Gasteiger partial charge < -0.3 is 12.2 Å². The summed E-state index contributed by atoms with van der Waals surface area (Å²) >= 11 is 12.4. The van der Waals surface area contributed by atoms with Crippen LogP contribution in [0.1, 0.15) is 47.0 Å². The van der Waals surface area contributed by atoms with E-state index in [4.69, 9.17) is 0 Å². The Kier molecular flexibility index (Phi) is 9.86. The van der Waals surface area contributed by atoms with Gasteiger partial charge in [0.2, 0.25) is 0 Å². The van der Waals surface area contributed by atoms with Gasteiger partial charge in [0.05, 0.1) is 17.8 Å². The van der Waals surface area contributed by atoms with E-state index in [1.807, 2.05) is 19.9 Å². The van der Waals surface area contributed by atoms with Crippen molar-refractivity contribution in [3.8, 4) is 0 Å². The third kappa shape index (κ3) is 5.76. The number of ketones is 1. The average Bonchev–Trinajstić information content (AvgIpc) is 2.72. The summed E-state index contributed by atoms with van der Waals surface area (Å²) in [6, 6.07) is 0.435. The summed E-state index contributed by atoms with van der Waals surface area (Å²) in [4.78, 5) is 14.9. The zero-order chi connectivity index (χ0) is 15.9. The standard InChI is InChI=1S/C14H25NO.HPS3/c1-6-8-14(13(16)11(2)3)9-7-10-15(14)12(4)5;2-1(3)4/h6,11-12H,1,7-10H2,2-5H3;(H,2,3,4)/t14-;/m1./s1. The van der Waals surface area contributed by atoms with Crippen molar-refractivity contribution in [2.75, 3.05) is 6.54 Å². The fourth-order valence-corrected chi connectivity index (χ4v) is 3.01. The number of likely N-dealkylation sites (tertiary alicyclic amines) is 1. The summed E-state index contributed by atoms with van der Waals surface area (Å²) < 4.78 is 0. The SMILES string of the molecule is C=CC[C@]1(C(=O)C(C)C)CCCN1C(C)C.S=[P+]([S-])S. The quantitative estimate of drug-likeness (QED) is 0.345. The zero-order valence-electron chi connectivity index (χ0n) is 12.8. The summed E-state index contributed by atoms with van der Waals surface area (Å²) in [5.41, 5.74) is -0.260. The third-order valence-corrected chi connectivity index (χ3v) is 3.63. The number of thiol groups is 1. The average molecular weight is 352 g/mol. The highest BCUT2D eigenvalue weighted by Crippen LogP contribution is 2.37. The molecule has 1 unspecified atom stereocenters. The summed E-state index contributed by atoms with van der Waals surface area (Å²) in [7, 11) is 0. The highest BCUT2D eigenvalue weighted by Gasteiger charge is 2.47. The van der Waals surface area contributed by atoms with Gasteiger partial charge >= 0.3 is 0 Å².